The van der Waals surface area contributed by atoms with Crippen LogP contribution in [0.2, 0.25) is 5.02 Å². The van der Waals surface area contributed by atoms with E-state index in [0.29, 0.717) is 18.0 Å². The van der Waals surface area contributed by atoms with Crippen LogP contribution in [0.1, 0.15) is 32.3 Å². The molecule has 18 heavy (non-hydrogen) atoms. The molecule has 0 saturated heterocycles. The van der Waals surface area contributed by atoms with Crippen LogP contribution in [0.15, 0.2) is 18.2 Å². The van der Waals surface area contributed by atoms with Gasteiger partial charge >= 0.3 is 0 Å². The standard InChI is InChI=1S/C14H19ClN2O/c1-3-7-14(2,16)13(18)17-8-6-10-4-5-11(15)9-12(10)17/h4-5,9H,3,6-8,16H2,1-2H3. The molecule has 1 aromatic carbocycles. The van der Waals surface area contributed by atoms with E-state index in [1.54, 1.807) is 11.8 Å². The molecule has 0 aliphatic carbocycles. The highest BCUT2D eigenvalue weighted by atomic mass is 35.5. The van der Waals surface area contributed by atoms with Crippen molar-refractivity contribution in [2.45, 2.75) is 38.6 Å². The molecule has 2 rings (SSSR count). The van der Waals surface area contributed by atoms with Crippen molar-refractivity contribution in [3.8, 4) is 0 Å². The number of benzene rings is 1. The lowest BCUT2D eigenvalue weighted by Gasteiger charge is -2.29. The van der Waals surface area contributed by atoms with Crippen molar-refractivity contribution >= 4 is 23.2 Å². The van der Waals surface area contributed by atoms with Gasteiger partial charge in [0.05, 0.1) is 5.54 Å². The van der Waals surface area contributed by atoms with Crippen molar-refractivity contribution in [3.05, 3.63) is 28.8 Å². The number of halogens is 1. The summed E-state index contributed by atoms with van der Waals surface area (Å²) in [5.41, 5.74) is 7.41. The number of carbonyl (C=O) groups is 1. The van der Waals surface area contributed by atoms with E-state index in [9.17, 15) is 4.79 Å². The quantitative estimate of drug-likeness (QED) is 0.914. The molecule has 0 aromatic heterocycles. The minimum atomic E-state index is -0.793. The first kappa shape index (κ1) is 13.4. The zero-order valence-corrected chi connectivity index (χ0v) is 11.6. The van der Waals surface area contributed by atoms with Crippen LogP contribution in [0.4, 0.5) is 5.69 Å². The Morgan fingerprint density at radius 1 is 1.56 bits per heavy atom. The number of carbonyl (C=O) groups excluding carboxylic acids is 1. The molecule has 0 bridgehead atoms. The average Bonchev–Trinajstić information content (AvgIpc) is 2.70. The van der Waals surface area contributed by atoms with Crippen LogP contribution < -0.4 is 10.6 Å². The summed E-state index contributed by atoms with van der Waals surface area (Å²) in [6, 6.07) is 5.70. The van der Waals surface area contributed by atoms with E-state index < -0.39 is 5.54 Å². The van der Waals surface area contributed by atoms with Gasteiger partial charge in [-0.2, -0.15) is 0 Å². The predicted molar refractivity (Wildman–Crippen MR) is 75.0 cm³/mol. The number of anilines is 1. The lowest BCUT2D eigenvalue weighted by atomic mass is 9.95. The molecule has 1 amide bonds. The van der Waals surface area contributed by atoms with Crippen LogP contribution in [0.3, 0.4) is 0 Å². The van der Waals surface area contributed by atoms with Gasteiger partial charge in [0.1, 0.15) is 0 Å². The summed E-state index contributed by atoms with van der Waals surface area (Å²) in [6.45, 7) is 4.54. The van der Waals surface area contributed by atoms with Gasteiger partial charge in [-0.1, -0.05) is 31.0 Å². The molecular weight excluding hydrogens is 248 g/mol. The fourth-order valence-corrected chi connectivity index (χ4v) is 2.66. The molecule has 1 aromatic rings. The van der Waals surface area contributed by atoms with Gasteiger partial charge in [0.25, 0.3) is 0 Å². The van der Waals surface area contributed by atoms with Crippen LogP contribution in [-0.4, -0.2) is 18.0 Å². The predicted octanol–water partition coefficient (Wildman–Crippen LogP) is 2.75. The molecular formula is C14H19ClN2O. The third-order valence-electron chi connectivity index (χ3n) is 3.45. The molecule has 98 valence electrons. The van der Waals surface area contributed by atoms with Gasteiger partial charge in [-0.15, -0.1) is 0 Å². The molecule has 1 aliphatic heterocycles. The van der Waals surface area contributed by atoms with Gasteiger partial charge < -0.3 is 10.6 Å². The molecule has 1 aliphatic rings. The number of rotatable bonds is 3. The molecule has 0 fully saturated rings. The summed E-state index contributed by atoms with van der Waals surface area (Å²) in [6.07, 6.45) is 2.47. The molecule has 0 radical (unpaired) electrons. The molecule has 0 spiro atoms. The van der Waals surface area contributed by atoms with Gasteiger partial charge in [0.15, 0.2) is 0 Å². The normalized spacial score (nSPS) is 17.4. The number of hydrogen-bond donors (Lipinski definition) is 1. The number of nitrogens with zero attached hydrogens (tertiary/aromatic N) is 1. The monoisotopic (exact) mass is 266 g/mol. The second-order valence-electron chi connectivity index (χ2n) is 5.15. The number of hydrogen-bond acceptors (Lipinski definition) is 2. The summed E-state index contributed by atoms with van der Waals surface area (Å²) >= 11 is 6.00. The first-order valence-electron chi connectivity index (χ1n) is 6.35. The van der Waals surface area contributed by atoms with Crippen LogP contribution >= 0.6 is 11.6 Å². The summed E-state index contributed by atoms with van der Waals surface area (Å²) in [5.74, 6) is -0.00892. The molecule has 1 heterocycles. The minimum absolute atomic E-state index is 0.00892. The Hall–Kier alpha value is -1.06. The van der Waals surface area contributed by atoms with Crippen LogP contribution in [0, 0.1) is 0 Å². The van der Waals surface area contributed by atoms with Crippen molar-refractivity contribution in [1.29, 1.82) is 0 Å². The van der Waals surface area contributed by atoms with Crippen LogP contribution in [0.25, 0.3) is 0 Å². The largest absolute Gasteiger partial charge is 0.318 e. The maximum Gasteiger partial charge on any atom is 0.246 e. The third-order valence-corrected chi connectivity index (χ3v) is 3.68. The second kappa shape index (κ2) is 4.90. The van der Waals surface area contributed by atoms with E-state index >= 15 is 0 Å². The summed E-state index contributed by atoms with van der Waals surface area (Å²) < 4.78 is 0. The van der Waals surface area contributed by atoms with Gasteiger partial charge in [0, 0.05) is 17.3 Å². The highest BCUT2D eigenvalue weighted by Crippen LogP contribution is 2.32. The van der Waals surface area contributed by atoms with Gasteiger partial charge in [0.2, 0.25) is 5.91 Å². The van der Waals surface area contributed by atoms with Crippen molar-refractivity contribution in [1.82, 2.24) is 0 Å². The summed E-state index contributed by atoms with van der Waals surface area (Å²) in [5, 5.41) is 0.655. The van der Waals surface area contributed by atoms with Crippen molar-refractivity contribution in [2.75, 3.05) is 11.4 Å². The van der Waals surface area contributed by atoms with E-state index in [4.69, 9.17) is 17.3 Å². The lowest BCUT2D eigenvalue weighted by molar-refractivity contribution is -0.123. The Kier molecular flexibility index (Phi) is 3.64. The van der Waals surface area contributed by atoms with Gasteiger partial charge in [-0.05, 0) is 37.5 Å². The van der Waals surface area contributed by atoms with E-state index in [-0.39, 0.29) is 5.91 Å². The first-order valence-corrected chi connectivity index (χ1v) is 6.73. The number of amides is 1. The Bertz CT molecular complexity index is 471. The lowest BCUT2D eigenvalue weighted by Crippen LogP contribution is -2.53. The Balaban J connectivity index is 2.28. The maximum absolute atomic E-state index is 12.5. The third kappa shape index (κ3) is 2.38. The van der Waals surface area contributed by atoms with Crippen molar-refractivity contribution in [2.24, 2.45) is 5.73 Å². The highest BCUT2D eigenvalue weighted by Gasteiger charge is 2.35. The number of fused-ring (bicyclic) bond motifs is 1. The van der Waals surface area contributed by atoms with E-state index in [2.05, 4.69) is 0 Å². The fourth-order valence-electron chi connectivity index (χ4n) is 2.50. The van der Waals surface area contributed by atoms with Crippen molar-refractivity contribution < 1.29 is 4.79 Å². The molecule has 1 unspecified atom stereocenters. The maximum atomic E-state index is 12.5. The van der Waals surface area contributed by atoms with E-state index in [1.807, 2.05) is 25.1 Å². The highest BCUT2D eigenvalue weighted by molar-refractivity contribution is 6.31. The Morgan fingerprint density at radius 2 is 2.28 bits per heavy atom. The minimum Gasteiger partial charge on any atom is -0.318 e. The van der Waals surface area contributed by atoms with Crippen LogP contribution in [-0.2, 0) is 11.2 Å². The SMILES string of the molecule is CCCC(C)(N)C(=O)N1CCc2ccc(Cl)cc21. The number of nitrogens with two attached hydrogens (primary N) is 1. The smallest absolute Gasteiger partial charge is 0.246 e. The van der Waals surface area contributed by atoms with Gasteiger partial charge in [-0.25, -0.2) is 0 Å². The molecule has 2 N–H and O–H groups in total. The summed E-state index contributed by atoms with van der Waals surface area (Å²) in [4.78, 5) is 14.3. The zero-order chi connectivity index (χ0) is 13.3. The molecule has 4 heteroatoms. The average molecular weight is 267 g/mol. The molecule has 3 nitrogen and oxygen atoms in total. The first-order chi connectivity index (χ1) is 8.45. The van der Waals surface area contributed by atoms with E-state index in [1.165, 1.54) is 5.56 Å². The fraction of sp³-hybridized carbons (Fsp3) is 0.500. The topological polar surface area (TPSA) is 46.3 Å². The summed E-state index contributed by atoms with van der Waals surface area (Å²) in [7, 11) is 0. The van der Waals surface area contributed by atoms with Crippen molar-refractivity contribution in [3.63, 3.8) is 0 Å². The Labute approximate surface area is 113 Å². The second-order valence-corrected chi connectivity index (χ2v) is 5.58. The molecule has 1 atom stereocenters. The van der Waals surface area contributed by atoms with Gasteiger partial charge in [-0.3, -0.25) is 4.79 Å². The Morgan fingerprint density at radius 3 is 2.94 bits per heavy atom. The molecule has 0 saturated carbocycles. The zero-order valence-electron chi connectivity index (χ0n) is 10.9. The van der Waals surface area contributed by atoms with Crippen LogP contribution in [0.5, 0.6) is 0 Å². The van der Waals surface area contributed by atoms with E-state index in [0.717, 1.165) is 18.5 Å².